The van der Waals surface area contributed by atoms with E-state index in [4.69, 9.17) is 12.4 Å². The summed E-state index contributed by atoms with van der Waals surface area (Å²) in [5.74, 6) is 5.57. The SMILES string of the molecule is [C-]#[N+]CCNCC1CCN(c2c(F)cc3c(=O)n(N)c(=O)n(C4CC4)c3c2C)C1. The Hall–Kier alpha value is -2.86. The summed E-state index contributed by atoms with van der Waals surface area (Å²) >= 11 is 0. The van der Waals surface area contributed by atoms with Crippen LogP contribution in [0.5, 0.6) is 0 Å². The van der Waals surface area contributed by atoms with Gasteiger partial charge >= 0.3 is 5.69 Å². The average molecular weight is 400 g/mol. The second-order valence-corrected chi connectivity index (χ2v) is 7.97. The number of fused-ring (bicyclic) bond motifs is 1. The fraction of sp³-hybridized carbons (Fsp3) is 0.550. The first kappa shape index (κ1) is 19.5. The van der Waals surface area contributed by atoms with Crippen LogP contribution < -0.4 is 27.3 Å². The molecule has 1 saturated heterocycles. The van der Waals surface area contributed by atoms with E-state index in [9.17, 15) is 9.59 Å². The average Bonchev–Trinajstić information content (AvgIpc) is 3.43. The molecule has 4 rings (SSSR count). The predicted molar refractivity (Wildman–Crippen MR) is 110 cm³/mol. The van der Waals surface area contributed by atoms with Crippen molar-refractivity contribution in [3.8, 4) is 0 Å². The third-order valence-electron chi connectivity index (χ3n) is 5.91. The van der Waals surface area contributed by atoms with Crippen molar-refractivity contribution in [3.05, 3.63) is 49.7 Å². The maximum Gasteiger partial charge on any atom is 0.350 e. The van der Waals surface area contributed by atoms with Gasteiger partial charge in [0.15, 0.2) is 0 Å². The summed E-state index contributed by atoms with van der Waals surface area (Å²) in [7, 11) is 0. The molecule has 2 heterocycles. The Morgan fingerprint density at radius 2 is 2.10 bits per heavy atom. The molecule has 154 valence electrons. The Bertz CT molecular complexity index is 1110. The van der Waals surface area contributed by atoms with Gasteiger partial charge in [0.1, 0.15) is 5.82 Å². The second kappa shape index (κ2) is 7.52. The number of nitrogens with two attached hydrogens (primary N) is 1. The van der Waals surface area contributed by atoms with Crippen LogP contribution in [0.3, 0.4) is 0 Å². The van der Waals surface area contributed by atoms with Crippen LogP contribution in [0.15, 0.2) is 15.7 Å². The highest BCUT2D eigenvalue weighted by Gasteiger charge is 2.32. The third-order valence-corrected chi connectivity index (χ3v) is 5.91. The van der Waals surface area contributed by atoms with E-state index in [0.29, 0.717) is 53.5 Å². The van der Waals surface area contributed by atoms with Gasteiger partial charge < -0.3 is 20.9 Å². The molecule has 2 aliphatic rings. The smallest absolute Gasteiger partial charge is 0.350 e. The zero-order chi connectivity index (χ0) is 20.7. The first-order valence-electron chi connectivity index (χ1n) is 9.98. The molecule has 0 spiro atoms. The minimum Gasteiger partial charge on any atom is -0.369 e. The number of nitrogens with zero attached hydrogens (tertiary/aromatic N) is 4. The number of benzene rings is 1. The van der Waals surface area contributed by atoms with Crippen LogP contribution in [0.25, 0.3) is 15.7 Å². The summed E-state index contributed by atoms with van der Waals surface area (Å²) < 4.78 is 17.3. The molecule has 0 amide bonds. The molecule has 3 N–H and O–H groups in total. The third kappa shape index (κ3) is 3.38. The molecule has 9 heteroatoms. The van der Waals surface area contributed by atoms with Crippen LogP contribution in [-0.4, -0.2) is 42.0 Å². The van der Waals surface area contributed by atoms with Crippen molar-refractivity contribution in [1.29, 1.82) is 0 Å². The Morgan fingerprint density at radius 1 is 1.34 bits per heavy atom. The van der Waals surface area contributed by atoms with Gasteiger partial charge in [-0.05, 0) is 44.7 Å². The number of rotatable bonds is 6. The van der Waals surface area contributed by atoms with E-state index in [1.807, 2.05) is 4.90 Å². The molecular formula is C20H25FN6O2. The molecule has 8 nitrogen and oxygen atoms in total. The molecule has 1 aromatic carbocycles. The molecule has 2 aromatic rings. The summed E-state index contributed by atoms with van der Waals surface area (Å²) in [4.78, 5) is 30.5. The van der Waals surface area contributed by atoms with Crippen LogP contribution in [0, 0.1) is 25.2 Å². The molecule has 0 radical (unpaired) electrons. The van der Waals surface area contributed by atoms with Crippen LogP contribution >= 0.6 is 0 Å². The lowest BCUT2D eigenvalue weighted by Crippen LogP contribution is -2.44. The highest BCUT2D eigenvalue weighted by atomic mass is 19.1. The number of nitrogens with one attached hydrogen (secondary N) is 1. The van der Waals surface area contributed by atoms with E-state index in [1.54, 1.807) is 11.5 Å². The van der Waals surface area contributed by atoms with Gasteiger partial charge in [0.2, 0.25) is 6.54 Å². The van der Waals surface area contributed by atoms with Crippen molar-refractivity contribution in [1.82, 2.24) is 14.6 Å². The van der Waals surface area contributed by atoms with E-state index in [-0.39, 0.29) is 11.4 Å². The molecule has 0 bridgehead atoms. The fourth-order valence-corrected chi connectivity index (χ4v) is 4.36. The molecule has 1 aliphatic carbocycles. The number of halogens is 1. The monoisotopic (exact) mass is 400 g/mol. The first-order chi connectivity index (χ1) is 13.9. The van der Waals surface area contributed by atoms with E-state index < -0.39 is 17.1 Å². The zero-order valence-corrected chi connectivity index (χ0v) is 16.4. The van der Waals surface area contributed by atoms with E-state index in [2.05, 4.69) is 10.2 Å². The lowest BCUT2D eigenvalue weighted by atomic mass is 10.1. The molecule has 1 aliphatic heterocycles. The van der Waals surface area contributed by atoms with E-state index in [1.165, 1.54) is 6.07 Å². The lowest BCUT2D eigenvalue weighted by molar-refractivity contribution is 0.525. The van der Waals surface area contributed by atoms with Crippen molar-refractivity contribution in [2.75, 3.05) is 43.5 Å². The Kier molecular flexibility index (Phi) is 5.04. The van der Waals surface area contributed by atoms with Crippen LogP contribution in [0.1, 0.15) is 30.9 Å². The highest BCUT2D eigenvalue weighted by molar-refractivity contribution is 5.87. The summed E-state index contributed by atoms with van der Waals surface area (Å²) in [6.45, 7) is 11.9. The highest BCUT2D eigenvalue weighted by Crippen LogP contribution is 2.39. The molecule has 1 saturated carbocycles. The molecule has 1 aromatic heterocycles. The lowest BCUT2D eigenvalue weighted by Gasteiger charge is -2.24. The number of anilines is 1. The van der Waals surface area contributed by atoms with Gasteiger partial charge in [0, 0.05) is 24.7 Å². The summed E-state index contributed by atoms with van der Waals surface area (Å²) in [5, 5.41) is 3.42. The minimum absolute atomic E-state index is 0.00962. The van der Waals surface area contributed by atoms with E-state index >= 15 is 4.39 Å². The summed E-state index contributed by atoms with van der Waals surface area (Å²) in [5.41, 5.74) is 0.361. The van der Waals surface area contributed by atoms with Crippen LogP contribution in [-0.2, 0) is 0 Å². The van der Waals surface area contributed by atoms with Crippen molar-refractivity contribution in [3.63, 3.8) is 0 Å². The van der Waals surface area contributed by atoms with Crippen LogP contribution in [0.2, 0.25) is 0 Å². The molecule has 2 fully saturated rings. The molecule has 1 unspecified atom stereocenters. The van der Waals surface area contributed by atoms with Crippen molar-refractivity contribution >= 4 is 16.6 Å². The van der Waals surface area contributed by atoms with Gasteiger partial charge in [-0.1, -0.05) is 0 Å². The topological polar surface area (TPSA) is 89.7 Å². The van der Waals surface area contributed by atoms with Gasteiger partial charge in [-0.2, -0.15) is 4.68 Å². The second-order valence-electron chi connectivity index (χ2n) is 7.97. The van der Waals surface area contributed by atoms with Gasteiger partial charge in [0.05, 0.1) is 23.1 Å². The Balaban J connectivity index is 1.72. The predicted octanol–water partition coefficient (Wildman–Crippen LogP) is 0.995. The minimum atomic E-state index is -0.668. The number of nitrogen functional groups attached to an aromatic ring is 1. The molecule has 29 heavy (non-hydrogen) atoms. The van der Waals surface area contributed by atoms with Crippen molar-refractivity contribution in [2.45, 2.75) is 32.2 Å². The number of hydrogen-bond donors (Lipinski definition) is 2. The standard InChI is InChI=1S/C20H25FN6O2/c1-12-17-15(19(28)27(22)20(29)26(17)14-3-4-14)9-16(21)18(12)25-8-5-13(11-25)10-24-7-6-23-2/h9,13-14,24H,3-8,10-11,22H2,1H3. The first-order valence-corrected chi connectivity index (χ1v) is 9.98. The molecular weight excluding hydrogens is 375 g/mol. The number of aromatic nitrogens is 2. The van der Waals surface area contributed by atoms with Gasteiger partial charge in [-0.25, -0.2) is 15.8 Å². The normalized spacial score (nSPS) is 19.1. The quantitative estimate of drug-likeness (QED) is 0.429. The van der Waals surface area contributed by atoms with Crippen LogP contribution in [0.4, 0.5) is 10.1 Å². The fourth-order valence-electron chi connectivity index (χ4n) is 4.36. The van der Waals surface area contributed by atoms with Gasteiger partial charge in [-0.15, -0.1) is 0 Å². The Labute approximate surface area is 167 Å². The summed E-state index contributed by atoms with van der Waals surface area (Å²) in [6, 6.07) is 1.23. The van der Waals surface area contributed by atoms with Gasteiger partial charge in [0.25, 0.3) is 5.56 Å². The van der Waals surface area contributed by atoms with Crippen molar-refractivity contribution < 1.29 is 4.39 Å². The maximum absolute atomic E-state index is 15.1. The molecule has 1 atom stereocenters. The van der Waals surface area contributed by atoms with Crippen molar-refractivity contribution in [2.24, 2.45) is 5.92 Å². The van der Waals surface area contributed by atoms with E-state index in [0.717, 1.165) is 25.8 Å². The Morgan fingerprint density at radius 3 is 2.79 bits per heavy atom. The van der Waals surface area contributed by atoms with Gasteiger partial charge in [-0.3, -0.25) is 9.36 Å². The number of aryl methyl sites for hydroxylation is 1. The largest absolute Gasteiger partial charge is 0.369 e. The zero-order valence-electron chi connectivity index (χ0n) is 16.4. The maximum atomic E-state index is 15.1. The summed E-state index contributed by atoms with van der Waals surface area (Å²) in [6.07, 6.45) is 2.62. The number of hydrogen-bond acceptors (Lipinski definition) is 5.